The average molecular weight is 228 g/mol. The summed E-state index contributed by atoms with van der Waals surface area (Å²) < 4.78 is 49.3. The molecule has 0 heterocycles. The van der Waals surface area contributed by atoms with Gasteiger partial charge < -0.3 is 5.11 Å². The van der Waals surface area contributed by atoms with Gasteiger partial charge in [0.1, 0.15) is 0 Å². The maximum atomic E-state index is 13.1. The van der Waals surface area contributed by atoms with Crippen LogP contribution in [0.4, 0.5) is 17.6 Å². The summed E-state index contributed by atoms with van der Waals surface area (Å²) >= 11 is 0. The largest absolute Gasteiger partial charge is 0.479 e. The number of unbranched alkanes of at least 4 members (excludes halogenated alkanes) is 1. The molecule has 88 valence electrons. The molecule has 0 bridgehead atoms. The average Bonchev–Trinajstić information content (AvgIpc) is 2.09. The van der Waals surface area contributed by atoms with E-state index in [1.165, 1.54) is 6.08 Å². The zero-order valence-electron chi connectivity index (χ0n) is 8.14. The normalized spacial score (nSPS) is 16.6. The zero-order valence-corrected chi connectivity index (χ0v) is 8.14. The van der Waals surface area contributed by atoms with Crippen LogP contribution in [0.1, 0.15) is 26.2 Å². The summed E-state index contributed by atoms with van der Waals surface area (Å²) in [5.74, 6) is -2.50. The number of allylic oxidation sites excluding steroid dienone is 2. The lowest BCUT2D eigenvalue weighted by Gasteiger charge is -2.21. The van der Waals surface area contributed by atoms with Crippen LogP contribution in [0.2, 0.25) is 0 Å². The molecule has 0 spiro atoms. The molecule has 0 rings (SSSR count). The fraction of sp³-hybridized carbons (Fsp3) is 0.667. The number of halogens is 4. The Hall–Kier alpha value is -1.07. The molecule has 2 nitrogen and oxygen atoms in total. The van der Waals surface area contributed by atoms with Crippen LogP contribution in [-0.2, 0) is 4.79 Å². The minimum absolute atomic E-state index is 0.494. The van der Waals surface area contributed by atoms with Gasteiger partial charge in [-0.15, -0.1) is 0 Å². The van der Waals surface area contributed by atoms with E-state index in [1.54, 1.807) is 6.92 Å². The maximum absolute atomic E-state index is 13.1. The fourth-order valence-corrected chi connectivity index (χ4v) is 0.855. The van der Waals surface area contributed by atoms with Crippen molar-refractivity contribution in [2.75, 3.05) is 0 Å². The Morgan fingerprint density at radius 2 is 1.80 bits per heavy atom. The molecular formula is C9H12F4O2. The maximum Gasteiger partial charge on any atom is 0.433 e. The highest BCUT2D eigenvalue weighted by Crippen LogP contribution is 2.37. The summed E-state index contributed by atoms with van der Waals surface area (Å²) in [6.07, 6.45) is -3.14. The van der Waals surface area contributed by atoms with Gasteiger partial charge >= 0.3 is 17.8 Å². The van der Waals surface area contributed by atoms with Crippen molar-refractivity contribution in [2.45, 2.75) is 38.0 Å². The van der Waals surface area contributed by atoms with Crippen molar-refractivity contribution < 1.29 is 27.5 Å². The van der Waals surface area contributed by atoms with Crippen molar-refractivity contribution in [2.24, 2.45) is 0 Å². The Morgan fingerprint density at radius 3 is 2.13 bits per heavy atom. The van der Waals surface area contributed by atoms with E-state index < -0.39 is 24.2 Å². The van der Waals surface area contributed by atoms with Gasteiger partial charge in [0.15, 0.2) is 0 Å². The van der Waals surface area contributed by atoms with Crippen molar-refractivity contribution >= 4 is 5.97 Å². The number of aliphatic carboxylic acids is 1. The minimum Gasteiger partial charge on any atom is -0.479 e. The van der Waals surface area contributed by atoms with Crippen molar-refractivity contribution in [3.8, 4) is 0 Å². The summed E-state index contributed by atoms with van der Waals surface area (Å²) in [5.41, 5.74) is -4.18. The smallest absolute Gasteiger partial charge is 0.433 e. The van der Waals surface area contributed by atoms with Crippen LogP contribution in [0.3, 0.4) is 0 Å². The molecule has 0 saturated carbocycles. The first-order valence-electron chi connectivity index (χ1n) is 4.39. The predicted octanol–water partition coefficient (Wildman–Crippen LogP) is 3.09. The molecule has 15 heavy (non-hydrogen) atoms. The highest BCUT2D eigenvalue weighted by Gasteiger charge is 2.61. The monoisotopic (exact) mass is 228 g/mol. The molecular weight excluding hydrogens is 216 g/mol. The molecule has 0 amide bonds. The van der Waals surface area contributed by atoms with E-state index in [0.717, 1.165) is 6.08 Å². The first-order valence-corrected chi connectivity index (χ1v) is 4.39. The van der Waals surface area contributed by atoms with Gasteiger partial charge in [-0.3, -0.25) is 0 Å². The van der Waals surface area contributed by atoms with Gasteiger partial charge in [0.2, 0.25) is 0 Å². The Bertz CT molecular complexity index is 247. The molecule has 0 radical (unpaired) electrons. The molecule has 0 aromatic heterocycles. The van der Waals surface area contributed by atoms with Crippen molar-refractivity contribution in [3.63, 3.8) is 0 Å². The van der Waals surface area contributed by atoms with Crippen LogP contribution < -0.4 is 0 Å². The lowest BCUT2D eigenvalue weighted by atomic mass is 10.0. The van der Waals surface area contributed by atoms with Gasteiger partial charge in [0, 0.05) is 6.42 Å². The summed E-state index contributed by atoms with van der Waals surface area (Å²) in [7, 11) is 0. The second-order valence-electron chi connectivity index (χ2n) is 3.07. The first-order chi connectivity index (χ1) is 6.75. The first kappa shape index (κ1) is 13.9. The zero-order chi connectivity index (χ0) is 12.1. The number of carboxylic acids is 1. The molecule has 0 aliphatic rings. The third-order valence-electron chi connectivity index (χ3n) is 1.81. The molecule has 0 aliphatic heterocycles. The number of carboxylic acid groups (broad SMARTS) is 1. The Kier molecular flexibility index (Phi) is 4.77. The quantitative estimate of drug-likeness (QED) is 0.580. The molecule has 1 atom stereocenters. The summed E-state index contributed by atoms with van der Waals surface area (Å²) in [4.78, 5) is 10.2. The van der Waals surface area contributed by atoms with E-state index >= 15 is 0 Å². The third kappa shape index (κ3) is 3.53. The number of carbonyl (C=O) groups is 1. The molecule has 1 unspecified atom stereocenters. The Balaban J connectivity index is 4.62. The molecule has 0 saturated heterocycles. The van der Waals surface area contributed by atoms with Crippen LogP contribution in [0.15, 0.2) is 12.2 Å². The molecule has 0 aromatic carbocycles. The standard InChI is InChI=1S/C9H12F4O2/c1-2-3-4-5-6-8(10,7(14)15)9(11,12)13/h4-5H,2-3,6H2,1H3,(H,14,15)/b5-4+. The van der Waals surface area contributed by atoms with E-state index in [-0.39, 0.29) is 0 Å². The van der Waals surface area contributed by atoms with Crippen molar-refractivity contribution in [1.82, 2.24) is 0 Å². The topological polar surface area (TPSA) is 37.3 Å². The molecule has 0 aliphatic carbocycles. The molecule has 6 heteroatoms. The number of hydrogen-bond acceptors (Lipinski definition) is 1. The fourth-order valence-electron chi connectivity index (χ4n) is 0.855. The predicted molar refractivity (Wildman–Crippen MR) is 46.2 cm³/mol. The van der Waals surface area contributed by atoms with E-state index in [9.17, 15) is 22.4 Å². The minimum atomic E-state index is -5.39. The second-order valence-corrected chi connectivity index (χ2v) is 3.07. The molecule has 1 N–H and O–H groups in total. The molecule has 0 fully saturated rings. The summed E-state index contributed by atoms with van der Waals surface area (Å²) in [6, 6.07) is 0. The number of hydrogen-bond donors (Lipinski definition) is 1. The number of rotatable bonds is 5. The molecule has 0 aromatic rings. The van der Waals surface area contributed by atoms with Gasteiger partial charge in [-0.25, -0.2) is 9.18 Å². The van der Waals surface area contributed by atoms with Gasteiger partial charge in [-0.1, -0.05) is 25.5 Å². The van der Waals surface area contributed by atoms with Crippen LogP contribution in [0.25, 0.3) is 0 Å². The Morgan fingerprint density at radius 1 is 1.27 bits per heavy atom. The highest BCUT2D eigenvalue weighted by molar-refractivity contribution is 5.78. The number of alkyl halides is 4. The Labute approximate surface area is 84.6 Å². The SMILES string of the molecule is CCC/C=C/CC(F)(C(=O)O)C(F)(F)F. The van der Waals surface area contributed by atoms with Gasteiger partial charge in [0.25, 0.3) is 0 Å². The second kappa shape index (κ2) is 5.14. The summed E-state index contributed by atoms with van der Waals surface area (Å²) in [5, 5.41) is 8.20. The van der Waals surface area contributed by atoms with Crippen LogP contribution >= 0.6 is 0 Å². The lowest BCUT2D eigenvalue weighted by molar-refractivity contribution is -0.235. The van der Waals surface area contributed by atoms with E-state index in [2.05, 4.69) is 0 Å². The van der Waals surface area contributed by atoms with Gasteiger partial charge in [0.05, 0.1) is 0 Å². The van der Waals surface area contributed by atoms with Gasteiger partial charge in [-0.2, -0.15) is 13.2 Å². The highest BCUT2D eigenvalue weighted by atomic mass is 19.4. The third-order valence-corrected chi connectivity index (χ3v) is 1.81. The lowest BCUT2D eigenvalue weighted by Crippen LogP contribution is -2.47. The van der Waals surface area contributed by atoms with E-state index in [0.29, 0.717) is 12.8 Å². The van der Waals surface area contributed by atoms with Crippen molar-refractivity contribution in [1.29, 1.82) is 0 Å². The van der Waals surface area contributed by atoms with Gasteiger partial charge in [-0.05, 0) is 6.42 Å². The van der Waals surface area contributed by atoms with Crippen LogP contribution in [0.5, 0.6) is 0 Å². The van der Waals surface area contributed by atoms with E-state index in [1.807, 2.05) is 0 Å². The summed E-state index contributed by atoms with van der Waals surface area (Å²) in [6.45, 7) is 1.80. The van der Waals surface area contributed by atoms with Crippen molar-refractivity contribution in [3.05, 3.63) is 12.2 Å². The van der Waals surface area contributed by atoms with Crippen LogP contribution in [-0.4, -0.2) is 22.9 Å². The van der Waals surface area contributed by atoms with Crippen LogP contribution in [0, 0.1) is 0 Å². The van der Waals surface area contributed by atoms with E-state index in [4.69, 9.17) is 5.11 Å².